The molecule has 0 aliphatic heterocycles. The first-order valence-electron chi connectivity index (χ1n) is 9.30. The number of nitrogens with one attached hydrogen (secondary N) is 2. The summed E-state index contributed by atoms with van der Waals surface area (Å²) < 4.78 is 1.68. The monoisotopic (exact) mass is 423 g/mol. The van der Waals surface area contributed by atoms with Gasteiger partial charge in [0.2, 0.25) is 5.62 Å². The number of fused-ring (bicyclic) bond motifs is 1. The van der Waals surface area contributed by atoms with Crippen molar-refractivity contribution < 1.29 is 4.79 Å². The lowest BCUT2D eigenvalue weighted by molar-refractivity contribution is 0.0972. The second-order valence-corrected chi connectivity index (χ2v) is 7.75. The molecular formula is C23H19Cl2N3O. The van der Waals surface area contributed by atoms with Crippen molar-refractivity contribution in [3.05, 3.63) is 99.1 Å². The zero-order chi connectivity index (χ0) is 20.4. The van der Waals surface area contributed by atoms with Crippen molar-refractivity contribution in [1.82, 2.24) is 9.55 Å². The summed E-state index contributed by atoms with van der Waals surface area (Å²) in [5.41, 5.74) is 4.70. The van der Waals surface area contributed by atoms with E-state index in [1.165, 1.54) is 5.56 Å². The maximum absolute atomic E-state index is 12.8. The molecule has 4 aromatic rings. The highest BCUT2D eigenvalue weighted by atomic mass is 35.5. The van der Waals surface area contributed by atoms with Crippen molar-refractivity contribution in [2.45, 2.75) is 19.4 Å². The van der Waals surface area contributed by atoms with Gasteiger partial charge in [0.1, 0.15) is 0 Å². The lowest BCUT2D eigenvalue weighted by Gasteiger charge is -2.07. The molecule has 0 saturated carbocycles. The fourth-order valence-electron chi connectivity index (χ4n) is 3.50. The first-order valence-corrected chi connectivity index (χ1v) is 10.1. The Bertz CT molecular complexity index is 1240. The van der Waals surface area contributed by atoms with E-state index in [0.29, 0.717) is 15.6 Å². The van der Waals surface area contributed by atoms with Gasteiger partial charge in [0.15, 0.2) is 5.78 Å². The average molecular weight is 424 g/mol. The van der Waals surface area contributed by atoms with Crippen LogP contribution in [0.1, 0.15) is 21.5 Å². The smallest absolute Gasteiger partial charge is 0.200 e. The number of Topliss-reactive ketones (excluding diaryl/α,β-unsaturated/α-hetero) is 1. The fourth-order valence-corrected chi connectivity index (χ4v) is 4.02. The zero-order valence-electron chi connectivity index (χ0n) is 15.6. The number of imidazole rings is 1. The van der Waals surface area contributed by atoms with E-state index in [9.17, 15) is 4.79 Å². The van der Waals surface area contributed by atoms with Crippen molar-refractivity contribution in [2.24, 2.45) is 0 Å². The minimum atomic E-state index is -0.166. The molecule has 29 heavy (non-hydrogen) atoms. The van der Waals surface area contributed by atoms with Crippen molar-refractivity contribution in [3.8, 4) is 0 Å². The molecule has 1 aromatic heterocycles. The molecule has 146 valence electrons. The van der Waals surface area contributed by atoms with Crippen LogP contribution in [0.5, 0.6) is 0 Å². The number of halogens is 2. The van der Waals surface area contributed by atoms with E-state index in [1.807, 2.05) is 30.3 Å². The van der Waals surface area contributed by atoms with E-state index >= 15 is 0 Å². The molecule has 0 amide bonds. The number of ketones is 1. The van der Waals surface area contributed by atoms with Gasteiger partial charge in [-0.2, -0.15) is 0 Å². The first kappa shape index (κ1) is 19.5. The van der Waals surface area contributed by atoms with Crippen LogP contribution < -0.4 is 5.62 Å². The van der Waals surface area contributed by atoms with Gasteiger partial charge in [-0.25, -0.2) is 0 Å². The van der Waals surface area contributed by atoms with E-state index < -0.39 is 0 Å². The Balaban J connectivity index is 1.63. The Morgan fingerprint density at radius 1 is 0.966 bits per heavy atom. The van der Waals surface area contributed by atoms with Crippen molar-refractivity contribution in [2.75, 3.05) is 0 Å². The molecule has 4 rings (SSSR count). The highest BCUT2D eigenvalue weighted by molar-refractivity contribution is 6.36. The normalized spacial score (nSPS) is 11.1. The number of aromatic nitrogens is 2. The molecule has 0 fully saturated rings. The van der Waals surface area contributed by atoms with Crippen LogP contribution in [0.3, 0.4) is 0 Å². The Morgan fingerprint density at radius 2 is 1.76 bits per heavy atom. The van der Waals surface area contributed by atoms with Crippen LogP contribution in [0.25, 0.3) is 11.0 Å². The van der Waals surface area contributed by atoms with E-state index in [1.54, 1.807) is 22.8 Å². The predicted octanol–water partition coefficient (Wildman–Crippen LogP) is 5.42. The van der Waals surface area contributed by atoms with Crippen molar-refractivity contribution >= 4 is 40.0 Å². The minimum Gasteiger partial charge on any atom is -0.324 e. The molecule has 0 spiro atoms. The third-order valence-corrected chi connectivity index (χ3v) is 5.54. The van der Waals surface area contributed by atoms with Crippen LogP contribution in [0.15, 0.2) is 66.7 Å². The molecule has 3 aromatic carbocycles. The van der Waals surface area contributed by atoms with Gasteiger partial charge in [-0.15, -0.1) is 0 Å². The van der Waals surface area contributed by atoms with Crippen LogP contribution in [0.2, 0.25) is 10.0 Å². The van der Waals surface area contributed by atoms with Gasteiger partial charge in [0, 0.05) is 10.6 Å². The number of H-pyrrole nitrogens is 1. The number of para-hydroxylation sites is 1. The molecule has 0 aliphatic rings. The number of rotatable bonds is 6. The second-order valence-electron chi connectivity index (χ2n) is 6.90. The van der Waals surface area contributed by atoms with Gasteiger partial charge in [-0.1, -0.05) is 65.7 Å². The summed E-state index contributed by atoms with van der Waals surface area (Å²) in [5, 5.41) is 9.14. The number of benzene rings is 3. The van der Waals surface area contributed by atoms with Crippen LogP contribution in [-0.4, -0.2) is 15.3 Å². The summed E-state index contributed by atoms with van der Waals surface area (Å²) in [6.07, 6.45) is 1.75. The number of nitrogens with zero attached hydrogens (tertiary/aromatic N) is 1. The summed E-state index contributed by atoms with van der Waals surface area (Å²) in [6, 6.07) is 21.1. The van der Waals surface area contributed by atoms with Crippen molar-refractivity contribution in [1.29, 1.82) is 5.41 Å². The molecule has 2 N–H and O–H groups in total. The molecule has 0 bridgehead atoms. The summed E-state index contributed by atoms with van der Waals surface area (Å²) in [5.74, 6) is -0.166. The topological polar surface area (TPSA) is 61.6 Å². The second kappa shape index (κ2) is 8.27. The summed E-state index contributed by atoms with van der Waals surface area (Å²) in [4.78, 5) is 15.9. The molecule has 0 radical (unpaired) electrons. The van der Waals surface area contributed by atoms with Crippen LogP contribution in [0, 0.1) is 5.41 Å². The van der Waals surface area contributed by atoms with Gasteiger partial charge >= 0.3 is 0 Å². The number of hydrogen-bond donors (Lipinski definition) is 2. The molecule has 0 unspecified atom stereocenters. The van der Waals surface area contributed by atoms with E-state index in [-0.39, 0.29) is 17.9 Å². The van der Waals surface area contributed by atoms with Gasteiger partial charge in [0.25, 0.3) is 0 Å². The van der Waals surface area contributed by atoms with Crippen LogP contribution in [0.4, 0.5) is 0 Å². The minimum absolute atomic E-state index is 0.0301. The first-order chi connectivity index (χ1) is 14.0. The molecule has 0 atom stereocenters. The van der Waals surface area contributed by atoms with Crippen LogP contribution >= 0.6 is 23.2 Å². The standard InChI is InChI=1S/C23H19Cl2N3O/c24-17-11-12-18(19(25)13-17)21(29)14-28-20-8-4-7-16(22(20)27-23(28)26)10-9-15-5-2-1-3-6-15/h1-8,11-13H,9-10,14H2,(H2,26,27). The van der Waals surface area contributed by atoms with Gasteiger partial charge in [-0.3, -0.25) is 10.2 Å². The molecule has 6 heteroatoms. The third-order valence-electron chi connectivity index (χ3n) is 4.99. The number of carbonyl (C=O) groups is 1. The highest BCUT2D eigenvalue weighted by Gasteiger charge is 2.15. The lowest BCUT2D eigenvalue weighted by atomic mass is 10.0. The Hall–Kier alpha value is -2.82. The van der Waals surface area contributed by atoms with E-state index in [4.69, 9.17) is 28.6 Å². The maximum Gasteiger partial charge on any atom is 0.200 e. The average Bonchev–Trinajstić information content (AvgIpc) is 3.03. The molecule has 0 aliphatic carbocycles. The molecule has 0 saturated heterocycles. The van der Waals surface area contributed by atoms with Crippen LogP contribution in [-0.2, 0) is 19.4 Å². The Kier molecular flexibility index (Phi) is 5.56. The maximum atomic E-state index is 12.8. The number of aryl methyl sites for hydroxylation is 2. The number of hydrogen-bond acceptors (Lipinski definition) is 2. The quantitative estimate of drug-likeness (QED) is 0.399. The molecule has 1 heterocycles. The van der Waals surface area contributed by atoms with E-state index in [0.717, 1.165) is 29.4 Å². The van der Waals surface area contributed by atoms with Gasteiger partial charge < -0.3 is 9.55 Å². The summed E-state index contributed by atoms with van der Waals surface area (Å²) in [6.45, 7) is 0.0301. The Morgan fingerprint density at radius 3 is 2.52 bits per heavy atom. The van der Waals surface area contributed by atoms with Gasteiger partial charge in [-0.05, 0) is 48.2 Å². The lowest BCUT2D eigenvalue weighted by Crippen LogP contribution is -2.22. The SMILES string of the molecule is N=c1[nH]c2c(CCc3ccccc3)cccc2n1CC(=O)c1ccc(Cl)cc1Cl. The number of aromatic amines is 1. The van der Waals surface area contributed by atoms with Crippen molar-refractivity contribution in [3.63, 3.8) is 0 Å². The summed E-state index contributed by atoms with van der Waals surface area (Å²) >= 11 is 12.1. The summed E-state index contributed by atoms with van der Waals surface area (Å²) in [7, 11) is 0. The van der Waals surface area contributed by atoms with E-state index in [2.05, 4.69) is 23.2 Å². The zero-order valence-corrected chi connectivity index (χ0v) is 17.1. The molecular weight excluding hydrogens is 405 g/mol. The Labute approximate surface area is 178 Å². The number of carbonyl (C=O) groups excluding carboxylic acids is 1. The molecule has 4 nitrogen and oxygen atoms in total. The fraction of sp³-hybridized carbons (Fsp3) is 0.130. The largest absolute Gasteiger partial charge is 0.324 e. The van der Waals surface area contributed by atoms with Gasteiger partial charge in [0.05, 0.1) is 22.6 Å². The predicted molar refractivity (Wildman–Crippen MR) is 117 cm³/mol. The highest BCUT2D eigenvalue weighted by Crippen LogP contribution is 2.23. The third kappa shape index (κ3) is 4.14.